The zero-order valence-corrected chi connectivity index (χ0v) is 16.0. The molecule has 0 aliphatic rings. The third-order valence-corrected chi connectivity index (χ3v) is 4.26. The molecule has 146 valence electrons. The molecule has 0 unspecified atom stereocenters. The first-order valence-electron chi connectivity index (χ1n) is 7.95. The molecule has 0 aliphatic carbocycles. The van der Waals surface area contributed by atoms with E-state index in [-0.39, 0.29) is 45.2 Å². The number of carbonyl (C=O) groups excluding carboxylic acids is 1. The number of aromatic amines is 1. The number of amides is 1. The fourth-order valence-corrected chi connectivity index (χ4v) is 2.89. The summed E-state index contributed by atoms with van der Waals surface area (Å²) in [6.45, 7) is 1.47. The van der Waals surface area contributed by atoms with E-state index in [9.17, 15) is 13.6 Å². The van der Waals surface area contributed by atoms with Gasteiger partial charge >= 0.3 is 0 Å². The molecule has 0 spiro atoms. The van der Waals surface area contributed by atoms with Crippen LogP contribution < -0.4 is 15.8 Å². The molecular weight excluding hydrogens is 413 g/mol. The van der Waals surface area contributed by atoms with Gasteiger partial charge < -0.3 is 20.8 Å². The maximum absolute atomic E-state index is 14.8. The molecule has 4 N–H and O–H groups in total. The first-order valence-corrected chi connectivity index (χ1v) is 8.71. The van der Waals surface area contributed by atoms with Gasteiger partial charge in [-0.05, 0) is 19.1 Å². The van der Waals surface area contributed by atoms with Crippen LogP contribution in [-0.4, -0.2) is 15.9 Å². The van der Waals surface area contributed by atoms with Crippen LogP contribution in [-0.2, 0) is 6.54 Å². The van der Waals surface area contributed by atoms with Gasteiger partial charge in [0.05, 0.1) is 5.02 Å². The van der Waals surface area contributed by atoms with E-state index >= 15 is 0 Å². The highest BCUT2D eigenvalue weighted by atomic mass is 35.5. The minimum absolute atomic E-state index is 0.0132. The molecule has 10 heteroatoms. The van der Waals surface area contributed by atoms with Crippen LogP contribution in [0.2, 0.25) is 10.2 Å². The normalized spacial score (nSPS) is 10.8. The van der Waals surface area contributed by atoms with Crippen molar-refractivity contribution in [3.8, 4) is 11.5 Å². The Hall–Kier alpha value is -2.84. The van der Waals surface area contributed by atoms with Crippen molar-refractivity contribution in [3.63, 3.8) is 0 Å². The molecule has 2 aromatic carbocycles. The number of nitrogens with two attached hydrogens (primary N) is 1. The molecule has 0 atom stereocenters. The summed E-state index contributed by atoms with van der Waals surface area (Å²) < 4.78 is 33.7. The number of hydrogen-bond acceptors (Lipinski definition) is 4. The Bertz CT molecular complexity index is 1040. The smallest absolute Gasteiger partial charge is 0.271 e. The summed E-state index contributed by atoms with van der Waals surface area (Å²) in [5.74, 6) is -1.85. The number of H-pyrrole nitrogens is 1. The van der Waals surface area contributed by atoms with E-state index in [0.29, 0.717) is 5.82 Å². The van der Waals surface area contributed by atoms with Crippen molar-refractivity contribution in [2.45, 2.75) is 13.5 Å². The number of halogens is 4. The first-order chi connectivity index (χ1) is 13.2. The summed E-state index contributed by atoms with van der Waals surface area (Å²) in [4.78, 5) is 18.8. The molecule has 1 heterocycles. The zero-order chi connectivity index (χ0) is 20.4. The Morgan fingerprint density at radius 3 is 2.68 bits per heavy atom. The van der Waals surface area contributed by atoms with Crippen molar-refractivity contribution in [3.05, 3.63) is 69.2 Å². The van der Waals surface area contributed by atoms with Crippen LogP contribution in [0.3, 0.4) is 0 Å². The second kappa shape index (κ2) is 8.04. The predicted molar refractivity (Wildman–Crippen MR) is 102 cm³/mol. The van der Waals surface area contributed by atoms with Crippen LogP contribution in [0.15, 0.2) is 30.3 Å². The fraction of sp³-hybridized carbons (Fsp3) is 0.111. The SMILES string of the molecule is Cc1nc(Cl)c(C(=O)NCc2ccc(Cl)c(Oc3cc(N)cc(F)c3)c2F)[nH]1. The van der Waals surface area contributed by atoms with Crippen LogP contribution >= 0.6 is 23.2 Å². The van der Waals surface area contributed by atoms with Crippen molar-refractivity contribution < 1.29 is 18.3 Å². The molecule has 0 saturated heterocycles. The number of nitrogens with one attached hydrogen (secondary N) is 2. The number of benzene rings is 2. The van der Waals surface area contributed by atoms with Crippen molar-refractivity contribution in [2.75, 3.05) is 5.73 Å². The van der Waals surface area contributed by atoms with E-state index in [2.05, 4.69) is 15.3 Å². The number of ether oxygens (including phenoxy) is 1. The molecule has 0 fully saturated rings. The topological polar surface area (TPSA) is 93.0 Å². The van der Waals surface area contributed by atoms with Crippen molar-refractivity contribution in [1.29, 1.82) is 0 Å². The summed E-state index contributed by atoms with van der Waals surface area (Å²) in [7, 11) is 0. The third kappa shape index (κ3) is 4.35. The van der Waals surface area contributed by atoms with E-state index in [4.69, 9.17) is 33.7 Å². The van der Waals surface area contributed by atoms with Gasteiger partial charge in [-0.15, -0.1) is 0 Å². The predicted octanol–water partition coefficient (Wildman–Crippen LogP) is 4.61. The lowest BCUT2D eigenvalue weighted by atomic mass is 10.2. The van der Waals surface area contributed by atoms with Crippen LogP contribution in [0.4, 0.5) is 14.5 Å². The van der Waals surface area contributed by atoms with Crippen LogP contribution in [0.25, 0.3) is 0 Å². The molecule has 0 saturated carbocycles. The summed E-state index contributed by atoms with van der Waals surface area (Å²) in [6.07, 6.45) is 0. The van der Waals surface area contributed by atoms with Gasteiger partial charge in [-0.1, -0.05) is 29.3 Å². The van der Waals surface area contributed by atoms with E-state index in [0.717, 1.165) is 12.1 Å². The Morgan fingerprint density at radius 2 is 2.04 bits per heavy atom. The van der Waals surface area contributed by atoms with E-state index in [1.54, 1.807) is 6.92 Å². The van der Waals surface area contributed by atoms with Crippen LogP contribution in [0.1, 0.15) is 21.9 Å². The van der Waals surface area contributed by atoms with Crippen LogP contribution in [0.5, 0.6) is 11.5 Å². The summed E-state index contributed by atoms with van der Waals surface area (Å²) >= 11 is 11.9. The molecule has 3 rings (SSSR count). The van der Waals surface area contributed by atoms with Gasteiger partial charge in [0.15, 0.2) is 16.7 Å². The molecule has 6 nitrogen and oxygen atoms in total. The fourth-order valence-electron chi connectivity index (χ4n) is 2.44. The largest absolute Gasteiger partial charge is 0.453 e. The number of imidazole rings is 1. The average Bonchev–Trinajstić information content (AvgIpc) is 2.95. The van der Waals surface area contributed by atoms with Gasteiger partial charge in [0.1, 0.15) is 23.1 Å². The second-order valence-corrected chi connectivity index (χ2v) is 6.61. The Morgan fingerprint density at radius 1 is 1.29 bits per heavy atom. The Balaban J connectivity index is 1.80. The highest BCUT2D eigenvalue weighted by Gasteiger charge is 2.18. The number of hydrogen-bond donors (Lipinski definition) is 3. The highest BCUT2D eigenvalue weighted by molar-refractivity contribution is 6.32. The quantitative estimate of drug-likeness (QED) is 0.519. The lowest BCUT2D eigenvalue weighted by molar-refractivity contribution is 0.0946. The molecule has 0 aliphatic heterocycles. The molecule has 0 radical (unpaired) electrons. The average molecular weight is 427 g/mol. The summed E-state index contributed by atoms with van der Waals surface area (Å²) in [5.41, 5.74) is 5.84. The first kappa shape index (κ1) is 19.9. The van der Waals surface area contributed by atoms with Gasteiger partial charge in [0, 0.05) is 29.9 Å². The standard InChI is InChI=1S/C18H14Cl2F2N4O2/c1-8-25-15(17(20)26-8)18(27)24-7-9-2-3-13(19)16(14(9)22)28-12-5-10(21)4-11(23)6-12/h2-6H,7,23H2,1H3,(H,24,27)(H,25,26). The Labute approximate surface area is 168 Å². The number of nitrogen functional groups attached to an aromatic ring is 1. The van der Waals surface area contributed by atoms with E-state index in [1.165, 1.54) is 18.2 Å². The summed E-state index contributed by atoms with van der Waals surface area (Å²) in [6, 6.07) is 6.26. The van der Waals surface area contributed by atoms with Gasteiger partial charge in [-0.3, -0.25) is 4.79 Å². The van der Waals surface area contributed by atoms with E-state index < -0.39 is 17.5 Å². The Kier molecular flexibility index (Phi) is 5.71. The second-order valence-electron chi connectivity index (χ2n) is 5.84. The van der Waals surface area contributed by atoms with Gasteiger partial charge in [-0.25, -0.2) is 13.8 Å². The lowest BCUT2D eigenvalue weighted by Gasteiger charge is -2.13. The third-order valence-electron chi connectivity index (χ3n) is 3.69. The molecule has 28 heavy (non-hydrogen) atoms. The van der Waals surface area contributed by atoms with Crippen molar-refractivity contribution >= 4 is 34.8 Å². The van der Waals surface area contributed by atoms with Crippen molar-refractivity contribution in [2.24, 2.45) is 0 Å². The zero-order valence-electron chi connectivity index (χ0n) is 14.4. The number of rotatable bonds is 5. The van der Waals surface area contributed by atoms with Crippen molar-refractivity contribution in [1.82, 2.24) is 15.3 Å². The number of carbonyl (C=O) groups is 1. The van der Waals surface area contributed by atoms with Crippen LogP contribution in [0, 0.1) is 18.6 Å². The molecule has 0 bridgehead atoms. The number of nitrogens with zero attached hydrogens (tertiary/aromatic N) is 1. The van der Waals surface area contributed by atoms with Gasteiger partial charge in [0.25, 0.3) is 5.91 Å². The number of aryl methyl sites for hydroxylation is 1. The molecule has 3 aromatic rings. The molecule has 1 amide bonds. The summed E-state index contributed by atoms with van der Waals surface area (Å²) in [5, 5.41) is 2.51. The minimum atomic E-state index is -0.803. The lowest BCUT2D eigenvalue weighted by Crippen LogP contribution is -2.24. The maximum atomic E-state index is 14.8. The highest BCUT2D eigenvalue weighted by Crippen LogP contribution is 2.34. The van der Waals surface area contributed by atoms with E-state index in [1.807, 2.05) is 0 Å². The molecule has 1 aromatic heterocycles. The van der Waals surface area contributed by atoms with Gasteiger partial charge in [-0.2, -0.15) is 0 Å². The minimum Gasteiger partial charge on any atom is -0.453 e. The maximum Gasteiger partial charge on any atom is 0.271 e. The van der Waals surface area contributed by atoms with Gasteiger partial charge in [0.2, 0.25) is 0 Å². The molecular formula is C18H14Cl2F2N4O2. The number of aromatic nitrogens is 2. The monoisotopic (exact) mass is 426 g/mol. The number of anilines is 1.